The molecule has 8 nitrogen and oxygen atoms in total. The summed E-state index contributed by atoms with van der Waals surface area (Å²) in [4.78, 5) is 25.9. The molecule has 8 heteroatoms. The fourth-order valence-corrected chi connectivity index (χ4v) is 4.11. The second-order valence-corrected chi connectivity index (χ2v) is 7.88. The molecule has 1 aromatic heterocycles. The molecule has 0 bridgehead atoms. The van der Waals surface area contributed by atoms with Crippen LogP contribution in [0.3, 0.4) is 0 Å². The quantitative estimate of drug-likeness (QED) is 0.833. The number of hydrogen-bond acceptors (Lipinski definition) is 6. The number of hydrogen-bond donors (Lipinski definition) is 1. The summed E-state index contributed by atoms with van der Waals surface area (Å²) in [6, 6.07) is 7.38. The van der Waals surface area contributed by atoms with Gasteiger partial charge in [-0.2, -0.15) is 0 Å². The van der Waals surface area contributed by atoms with Crippen molar-refractivity contribution in [1.82, 2.24) is 14.9 Å². The number of nitrogens with zero attached hydrogens (tertiary/aromatic N) is 4. The maximum absolute atomic E-state index is 12.9. The summed E-state index contributed by atoms with van der Waals surface area (Å²) in [5.74, 6) is 1.37. The number of rotatable bonds is 4. The van der Waals surface area contributed by atoms with Gasteiger partial charge in [0.15, 0.2) is 0 Å². The highest BCUT2D eigenvalue weighted by Crippen LogP contribution is 2.41. The van der Waals surface area contributed by atoms with Gasteiger partial charge in [0.1, 0.15) is 11.4 Å². The zero-order chi connectivity index (χ0) is 21.1. The second kappa shape index (κ2) is 8.47. The van der Waals surface area contributed by atoms with Gasteiger partial charge < -0.3 is 24.6 Å². The Bertz CT molecular complexity index is 909. The molecule has 2 aliphatic heterocycles. The van der Waals surface area contributed by atoms with E-state index in [9.17, 15) is 4.79 Å². The molecule has 1 aromatic carbocycles. The van der Waals surface area contributed by atoms with Crippen LogP contribution in [0.1, 0.15) is 31.0 Å². The topological polar surface area (TPSA) is 79.8 Å². The van der Waals surface area contributed by atoms with Crippen molar-refractivity contribution in [2.45, 2.75) is 31.8 Å². The molecule has 1 spiro atoms. The highest BCUT2D eigenvalue weighted by atomic mass is 16.5. The van der Waals surface area contributed by atoms with Crippen molar-refractivity contribution in [2.24, 2.45) is 0 Å². The Morgan fingerprint density at radius 1 is 1.30 bits per heavy atom. The predicted molar refractivity (Wildman–Crippen MR) is 115 cm³/mol. The largest absolute Gasteiger partial charge is 0.492 e. The second-order valence-electron chi connectivity index (χ2n) is 7.88. The highest BCUT2D eigenvalue weighted by Gasteiger charge is 2.43. The summed E-state index contributed by atoms with van der Waals surface area (Å²) in [6.07, 6.45) is 4.17. The van der Waals surface area contributed by atoms with Crippen LogP contribution in [0.4, 0.5) is 16.4 Å². The lowest BCUT2D eigenvalue weighted by Crippen LogP contribution is -2.50. The molecule has 0 saturated carbocycles. The maximum Gasteiger partial charge on any atom is 0.321 e. The molecule has 160 valence electrons. The van der Waals surface area contributed by atoms with Gasteiger partial charge in [0.2, 0.25) is 5.95 Å². The van der Waals surface area contributed by atoms with Crippen molar-refractivity contribution >= 4 is 17.7 Å². The zero-order valence-electron chi connectivity index (χ0n) is 17.9. The van der Waals surface area contributed by atoms with E-state index in [1.807, 2.05) is 61.3 Å². The maximum atomic E-state index is 12.9. The van der Waals surface area contributed by atoms with Crippen LogP contribution in [-0.4, -0.2) is 61.3 Å². The van der Waals surface area contributed by atoms with E-state index in [0.717, 1.165) is 17.7 Å². The summed E-state index contributed by atoms with van der Waals surface area (Å²) in [5, 5.41) is 2.99. The van der Waals surface area contributed by atoms with Crippen LogP contribution in [0.2, 0.25) is 0 Å². The minimum Gasteiger partial charge on any atom is -0.492 e. The molecule has 0 atom stereocenters. The zero-order valence-corrected chi connectivity index (χ0v) is 17.9. The molecule has 2 amide bonds. The van der Waals surface area contributed by atoms with Crippen molar-refractivity contribution in [3.8, 4) is 5.75 Å². The van der Waals surface area contributed by atoms with Crippen LogP contribution in [-0.2, 0) is 16.8 Å². The first-order valence-electron chi connectivity index (χ1n) is 10.5. The van der Waals surface area contributed by atoms with Gasteiger partial charge in [-0.1, -0.05) is 12.1 Å². The molecular weight excluding hydrogens is 382 g/mol. The fraction of sp³-hybridized carbons (Fsp3) is 0.500. The van der Waals surface area contributed by atoms with Gasteiger partial charge in [-0.25, -0.2) is 14.8 Å². The number of carbonyl (C=O) groups excluding carboxylic acids is 1. The van der Waals surface area contributed by atoms with Crippen LogP contribution in [0.15, 0.2) is 30.5 Å². The average Bonchev–Trinajstić information content (AvgIpc) is 2.76. The number of anilines is 2. The van der Waals surface area contributed by atoms with E-state index in [-0.39, 0.29) is 6.03 Å². The van der Waals surface area contributed by atoms with E-state index in [2.05, 4.69) is 10.3 Å². The third-order valence-electron chi connectivity index (χ3n) is 5.72. The third-order valence-corrected chi connectivity index (χ3v) is 5.72. The monoisotopic (exact) mass is 411 g/mol. The molecule has 3 heterocycles. The number of benzene rings is 1. The summed E-state index contributed by atoms with van der Waals surface area (Å²) >= 11 is 0. The van der Waals surface area contributed by atoms with Crippen LogP contribution >= 0.6 is 0 Å². The van der Waals surface area contributed by atoms with E-state index in [1.54, 1.807) is 0 Å². The number of piperidine rings is 1. The Morgan fingerprint density at radius 2 is 2.07 bits per heavy atom. The Kier molecular flexibility index (Phi) is 5.76. The lowest BCUT2D eigenvalue weighted by atomic mass is 9.83. The number of aromatic nitrogens is 2. The van der Waals surface area contributed by atoms with Crippen molar-refractivity contribution in [2.75, 3.05) is 50.6 Å². The summed E-state index contributed by atoms with van der Waals surface area (Å²) in [6.45, 7) is 4.33. The van der Waals surface area contributed by atoms with Gasteiger partial charge >= 0.3 is 6.03 Å². The first-order valence-corrected chi connectivity index (χ1v) is 10.5. The fourth-order valence-electron chi connectivity index (χ4n) is 4.11. The Morgan fingerprint density at radius 3 is 2.80 bits per heavy atom. The molecule has 1 N–H and O–H groups in total. The lowest BCUT2D eigenvalue weighted by Gasteiger charge is -2.44. The van der Waals surface area contributed by atoms with Gasteiger partial charge in [0, 0.05) is 33.4 Å². The molecule has 1 saturated heterocycles. The van der Waals surface area contributed by atoms with Crippen LogP contribution in [0, 0.1) is 0 Å². The number of para-hydroxylation sites is 2. The normalized spacial score (nSPS) is 17.4. The van der Waals surface area contributed by atoms with Gasteiger partial charge in [-0.3, -0.25) is 0 Å². The first-order chi connectivity index (χ1) is 14.5. The molecular formula is C22H29N5O3. The Labute approximate surface area is 177 Å². The van der Waals surface area contributed by atoms with Crippen LogP contribution in [0.25, 0.3) is 0 Å². The summed E-state index contributed by atoms with van der Waals surface area (Å²) in [7, 11) is 3.87. The number of carbonyl (C=O) groups is 1. The van der Waals surface area contributed by atoms with E-state index in [0.29, 0.717) is 56.5 Å². The standard InChI is InChI=1S/C22H29N5O3/c1-4-29-18-8-6-5-7-17(18)24-21(28)27-12-10-22(11-13-27)19-16(9-14-30-22)15-23-20(25-19)26(2)3/h5-8,15H,4,9-14H2,1-3H3,(H,24,28). The number of likely N-dealkylation sites (tertiary alicyclic amines) is 1. The summed E-state index contributed by atoms with van der Waals surface area (Å²) < 4.78 is 11.9. The van der Waals surface area contributed by atoms with Crippen molar-refractivity contribution in [1.29, 1.82) is 0 Å². The first kappa shape index (κ1) is 20.4. The number of urea groups is 1. The Hall–Kier alpha value is -2.87. The number of fused-ring (bicyclic) bond motifs is 2. The van der Waals surface area contributed by atoms with Crippen molar-refractivity contribution < 1.29 is 14.3 Å². The average molecular weight is 412 g/mol. The van der Waals surface area contributed by atoms with E-state index in [1.165, 1.54) is 0 Å². The number of ether oxygens (including phenoxy) is 2. The predicted octanol–water partition coefficient (Wildman–Crippen LogP) is 3.04. The van der Waals surface area contributed by atoms with Crippen molar-refractivity contribution in [3.63, 3.8) is 0 Å². The number of nitrogens with one attached hydrogen (secondary N) is 1. The van der Waals surface area contributed by atoms with E-state index < -0.39 is 5.60 Å². The van der Waals surface area contributed by atoms with Crippen molar-refractivity contribution in [3.05, 3.63) is 41.7 Å². The van der Waals surface area contributed by atoms with Gasteiger partial charge in [0.05, 0.1) is 24.6 Å². The van der Waals surface area contributed by atoms with Gasteiger partial charge in [-0.15, -0.1) is 0 Å². The molecule has 0 unspecified atom stereocenters. The summed E-state index contributed by atoms with van der Waals surface area (Å²) in [5.41, 5.74) is 2.37. The number of amides is 2. The minimum absolute atomic E-state index is 0.121. The highest BCUT2D eigenvalue weighted by molar-refractivity contribution is 5.91. The molecule has 0 aliphatic carbocycles. The molecule has 2 aliphatic rings. The Balaban J connectivity index is 1.47. The molecule has 30 heavy (non-hydrogen) atoms. The molecule has 1 fully saturated rings. The van der Waals surface area contributed by atoms with Gasteiger partial charge in [0.25, 0.3) is 0 Å². The molecule has 0 radical (unpaired) electrons. The SMILES string of the molecule is CCOc1ccccc1NC(=O)N1CCC2(CC1)OCCc1cnc(N(C)C)nc12. The van der Waals surface area contributed by atoms with Gasteiger partial charge in [-0.05, 0) is 43.9 Å². The van der Waals surface area contributed by atoms with Crippen LogP contribution in [0.5, 0.6) is 5.75 Å². The van der Waals surface area contributed by atoms with E-state index in [4.69, 9.17) is 14.5 Å². The third kappa shape index (κ3) is 3.92. The molecule has 4 rings (SSSR count). The van der Waals surface area contributed by atoms with Crippen LogP contribution < -0.4 is 15.0 Å². The lowest BCUT2D eigenvalue weighted by molar-refractivity contribution is -0.0953. The van der Waals surface area contributed by atoms with E-state index >= 15 is 0 Å². The molecule has 2 aromatic rings. The smallest absolute Gasteiger partial charge is 0.321 e. The minimum atomic E-state index is -0.443.